The van der Waals surface area contributed by atoms with E-state index in [1.165, 1.54) is 0 Å². The van der Waals surface area contributed by atoms with E-state index < -0.39 is 11.7 Å². The van der Waals surface area contributed by atoms with E-state index in [0.29, 0.717) is 5.71 Å². The van der Waals surface area contributed by atoms with E-state index in [9.17, 15) is 4.79 Å². The molecule has 3 heteroatoms. The average molecular weight is 197 g/mol. The molecule has 0 fully saturated rings. The quantitative estimate of drug-likeness (QED) is 0.637. The molecule has 1 amide bonds. The molecule has 0 radical (unpaired) electrons. The van der Waals surface area contributed by atoms with Gasteiger partial charge in [-0.05, 0) is 32.8 Å². The predicted octanol–water partition coefficient (Wildman–Crippen LogP) is 3.20. The molecule has 0 N–H and O–H groups in total. The van der Waals surface area contributed by atoms with Gasteiger partial charge in [0.05, 0.1) is 0 Å². The molecule has 0 aromatic carbocycles. The smallest absolute Gasteiger partial charge is 0.434 e. The molecule has 0 bridgehead atoms. The van der Waals surface area contributed by atoms with Crippen molar-refractivity contribution >= 4 is 11.8 Å². The number of carbonyl (C=O) groups excluding carboxylic acids is 1. The molecule has 0 aromatic rings. The monoisotopic (exact) mass is 197 g/mol. The van der Waals surface area contributed by atoms with Gasteiger partial charge in [0, 0.05) is 5.71 Å². The van der Waals surface area contributed by atoms with Crippen LogP contribution in [0.3, 0.4) is 0 Å². The number of allylic oxidation sites excluding steroid dienone is 1. The van der Waals surface area contributed by atoms with Crippen LogP contribution < -0.4 is 0 Å². The van der Waals surface area contributed by atoms with Gasteiger partial charge in [-0.25, -0.2) is 4.79 Å². The maximum atomic E-state index is 11.3. The van der Waals surface area contributed by atoms with Crippen molar-refractivity contribution in [2.45, 2.75) is 40.2 Å². The molecule has 0 saturated carbocycles. The molecule has 0 heterocycles. The molecule has 0 aromatic heterocycles. The first-order valence-electron chi connectivity index (χ1n) is 4.70. The van der Waals surface area contributed by atoms with Crippen molar-refractivity contribution in [3.63, 3.8) is 0 Å². The number of amides is 1. The number of hydrogen-bond acceptors (Lipinski definition) is 2. The van der Waals surface area contributed by atoms with Gasteiger partial charge in [-0.1, -0.05) is 20.4 Å². The maximum absolute atomic E-state index is 11.3. The summed E-state index contributed by atoms with van der Waals surface area (Å²) in [6.07, 6.45) is 1.02. The summed E-state index contributed by atoms with van der Waals surface area (Å²) >= 11 is 0. The molecular formula is C11H19NO2. The first-order valence-corrected chi connectivity index (χ1v) is 4.70. The molecule has 0 aliphatic heterocycles. The summed E-state index contributed by atoms with van der Waals surface area (Å²) in [5.74, 6) is 0.181. The third-order valence-corrected chi connectivity index (χ3v) is 1.41. The molecule has 80 valence electrons. The number of nitrogens with zero attached hydrogens (tertiary/aromatic N) is 1. The first kappa shape index (κ1) is 12.9. The van der Waals surface area contributed by atoms with Gasteiger partial charge in [-0.3, -0.25) is 0 Å². The first-order chi connectivity index (χ1) is 6.26. The summed E-state index contributed by atoms with van der Waals surface area (Å²) in [6.45, 7) is 12.9. The molecule has 14 heavy (non-hydrogen) atoms. The zero-order valence-electron chi connectivity index (χ0n) is 9.63. The van der Waals surface area contributed by atoms with Crippen molar-refractivity contribution < 1.29 is 9.53 Å². The highest BCUT2D eigenvalue weighted by Crippen LogP contribution is 2.09. The minimum absolute atomic E-state index is 0.181. The Balaban J connectivity index is 4.49. The van der Waals surface area contributed by atoms with Crippen LogP contribution in [0.1, 0.15) is 34.6 Å². The van der Waals surface area contributed by atoms with Gasteiger partial charge < -0.3 is 4.74 Å². The second kappa shape index (κ2) is 4.94. The molecular weight excluding hydrogens is 178 g/mol. The second-order valence-corrected chi connectivity index (χ2v) is 4.38. The summed E-state index contributed by atoms with van der Waals surface area (Å²) in [5.41, 5.74) is 0.156. The molecule has 0 unspecified atom stereocenters. The van der Waals surface area contributed by atoms with E-state index >= 15 is 0 Å². The van der Waals surface area contributed by atoms with Crippen LogP contribution in [0, 0.1) is 5.92 Å². The standard InChI is InChI=1S/C11H19NO2/c1-7-9(8(2)3)12-10(13)14-11(4,5)6/h7-8H,1H2,2-6H3. The molecule has 0 rings (SSSR count). The number of aliphatic imine (C=N–C) groups is 1. The van der Waals surface area contributed by atoms with Gasteiger partial charge in [0.15, 0.2) is 0 Å². The zero-order chi connectivity index (χ0) is 11.4. The Hall–Kier alpha value is -1.12. The van der Waals surface area contributed by atoms with Crippen LogP contribution in [-0.4, -0.2) is 17.4 Å². The lowest BCUT2D eigenvalue weighted by Gasteiger charge is -2.17. The number of hydrogen-bond donors (Lipinski definition) is 0. The highest BCUT2D eigenvalue weighted by molar-refractivity contribution is 6.01. The Labute approximate surface area is 85.9 Å². The Morgan fingerprint density at radius 3 is 2.21 bits per heavy atom. The summed E-state index contributed by atoms with van der Waals surface area (Å²) in [7, 11) is 0. The normalized spacial score (nSPS) is 12.9. The Morgan fingerprint density at radius 2 is 1.93 bits per heavy atom. The Morgan fingerprint density at radius 1 is 1.43 bits per heavy atom. The fourth-order valence-electron chi connectivity index (χ4n) is 0.801. The molecule has 0 aliphatic rings. The Bertz CT molecular complexity index is 247. The van der Waals surface area contributed by atoms with E-state index in [4.69, 9.17) is 4.74 Å². The van der Waals surface area contributed by atoms with Crippen molar-refractivity contribution in [2.75, 3.05) is 0 Å². The van der Waals surface area contributed by atoms with E-state index in [2.05, 4.69) is 11.6 Å². The van der Waals surface area contributed by atoms with E-state index in [-0.39, 0.29) is 5.92 Å². The van der Waals surface area contributed by atoms with Gasteiger partial charge in [-0.2, -0.15) is 4.99 Å². The third-order valence-electron chi connectivity index (χ3n) is 1.41. The van der Waals surface area contributed by atoms with E-state index in [1.807, 2.05) is 34.6 Å². The average Bonchev–Trinajstić information content (AvgIpc) is 1.96. The fourth-order valence-corrected chi connectivity index (χ4v) is 0.801. The summed E-state index contributed by atoms with van der Waals surface area (Å²) < 4.78 is 5.05. The van der Waals surface area contributed by atoms with Crippen molar-refractivity contribution in [2.24, 2.45) is 10.9 Å². The molecule has 0 spiro atoms. The number of rotatable bonds is 2. The highest BCUT2D eigenvalue weighted by atomic mass is 16.6. The molecule has 0 atom stereocenters. The number of ether oxygens (including phenoxy) is 1. The van der Waals surface area contributed by atoms with Crippen LogP contribution in [0.25, 0.3) is 0 Å². The van der Waals surface area contributed by atoms with Crippen molar-refractivity contribution in [3.05, 3.63) is 12.7 Å². The molecule has 0 aliphatic carbocycles. The lowest BCUT2D eigenvalue weighted by molar-refractivity contribution is 0.0604. The van der Waals surface area contributed by atoms with Crippen molar-refractivity contribution in [3.8, 4) is 0 Å². The summed E-state index contributed by atoms with van der Waals surface area (Å²) in [4.78, 5) is 15.1. The highest BCUT2D eigenvalue weighted by Gasteiger charge is 2.16. The predicted molar refractivity (Wildman–Crippen MR) is 58.7 cm³/mol. The van der Waals surface area contributed by atoms with E-state index in [1.54, 1.807) is 6.08 Å². The summed E-state index contributed by atoms with van der Waals surface area (Å²) in [5, 5.41) is 0. The van der Waals surface area contributed by atoms with Gasteiger partial charge >= 0.3 is 6.09 Å². The topological polar surface area (TPSA) is 38.7 Å². The molecule has 0 saturated heterocycles. The van der Waals surface area contributed by atoms with Crippen LogP contribution in [0.5, 0.6) is 0 Å². The van der Waals surface area contributed by atoms with E-state index in [0.717, 1.165) is 0 Å². The van der Waals surface area contributed by atoms with Crippen molar-refractivity contribution in [1.29, 1.82) is 0 Å². The van der Waals surface area contributed by atoms with Crippen molar-refractivity contribution in [1.82, 2.24) is 0 Å². The van der Waals surface area contributed by atoms with Gasteiger partial charge in [-0.15, -0.1) is 0 Å². The largest absolute Gasteiger partial charge is 0.442 e. The fraction of sp³-hybridized carbons (Fsp3) is 0.636. The van der Waals surface area contributed by atoms with Crippen LogP contribution in [0.2, 0.25) is 0 Å². The van der Waals surface area contributed by atoms with Crippen LogP contribution in [0.15, 0.2) is 17.6 Å². The van der Waals surface area contributed by atoms with Crippen LogP contribution in [-0.2, 0) is 4.74 Å². The minimum atomic E-state index is -0.555. The SMILES string of the molecule is C=CC(=NC(=O)OC(C)(C)C)C(C)C. The van der Waals surface area contributed by atoms with Crippen LogP contribution >= 0.6 is 0 Å². The summed E-state index contributed by atoms with van der Waals surface area (Å²) in [6, 6.07) is 0. The van der Waals surface area contributed by atoms with Gasteiger partial charge in [0.25, 0.3) is 0 Å². The minimum Gasteiger partial charge on any atom is -0.442 e. The second-order valence-electron chi connectivity index (χ2n) is 4.38. The third kappa shape index (κ3) is 5.51. The zero-order valence-corrected chi connectivity index (χ0v) is 9.63. The van der Waals surface area contributed by atoms with Gasteiger partial charge in [0.2, 0.25) is 0 Å². The van der Waals surface area contributed by atoms with Crippen LogP contribution in [0.4, 0.5) is 4.79 Å². The lowest BCUT2D eigenvalue weighted by Crippen LogP contribution is -2.23. The Kier molecular flexibility index (Phi) is 4.54. The lowest BCUT2D eigenvalue weighted by atomic mass is 10.1. The molecule has 3 nitrogen and oxygen atoms in total. The van der Waals surface area contributed by atoms with Gasteiger partial charge in [0.1, 0.15) is 5.60 Å². The number of carbonyl (C=O) groups is 1. The maximum Gasteiger partial charge on any atom is 0.434 e.